The number of azo groups is 1. The zero-order valence-electron chi connectivity index (χ0n) is 15.2. The number of hydrogen-bond donors (Lipinski definition) is 1. The molecule has 0 heterocycles. The molecule has 3 rings (SSSR count). The van der Waals surface area contributed by atoms with Crippen molar-refractivity contribution in [3.63, 3.8) is 0 Å². The van der Waals surface area contributed by atoms with Gasteiger partial charge in [0, 0.05) is 10.8 Å². The van der Waals surface area contributed by atoms with E-state index in [0.717, 1.165) is 11.5 Å². The third-order valence-corrected chi connectivity index (χ3v) is 6.10. The second kappa shape index (κ2) is 9.14. The molecule has 0 saturated carbocycles. The first-order valence-electron chi connectivity index (χ1n) is 7.73. The Balaban J connectivity index is 0.00000300. The van der Waals surface area contributed by atoms with Crippen LogP contribution in [0.4, 0.5) is 11.4 Å². The van der Waals surface area contributed by atoms with Gasteiger partial charge in [-0.05, 0) is 35.7 Å². The van der Waals surface area contributed by atoms with Crippen LogP contribution in [0.5, 0.6) is 5.75 Å². The van der Waals surface area contributed by atoms with Gasteiger partial charge in [0.15, 0.2) is 9.84 Å². The van der Waals surface area contributed by atoms with Crippen LogP contribution in [0.2, 0.25) is 0 Å². The van der Waals surface area contributed by atoms with E-state index in [1.165, 1.54) is 30.3 Å². The number of hydrogen-bond acceptors (Lipinski definition) is 7. The van der Waals surface area contributed by atoms with E-state index >= 15 is 0 Å². The molecule has 29 heavy (non-hydrogen) atoms. The van der Waals surface area contributed by atoms with Crippen molar-refractivity contribution >= 4 is 42.1 Å². The zero-order valence-corrected chi connectivity index (χ0v) is 19.9. The van der Waals surface area contributed by atoms with Crippen LogP contribution in [0, 0.1) is 0 Å². The summed E-state index contributed by atoms with van der Waals surface area (Å²) in [6, 6.07) is 12.6. The minimum atomic E-state index is -4.75. The van der Waals surface area contributed by atoms with Gasteiger partial charge in [-0.1, -0.05) is 36.6 Å². The SMILES string of the molecule is C=CS(=O)(=O)c1ccc(N=Nc2cc(S(=O)(=O)O)c([O-])c3ccccc23)cc1.[K+]. The molecule has 0 bridgehead atoms. The monoisotopic (exact) mass is 456 g/mol. The molecule has 0 aliphatic carbocycles. The molecule has 0 aliphatic heterocycles. The van der Waals surface area contributed by atoms with Crippen LogP contribution in [0.1, 0.15) is 0 Å². The average Bonchev–Trinajstić information content (AvgIpc) is 2.67. The molecule has 3 aromatic rings. The second-order valence-corrected chi connectivity index (χ2v) is 8.93. The van der Waals surface area contributed by atoms with E-state index in [4.69, 9.17) is 0 Å². The fourth-order valence-electron chi connectivity index (χ4n) is 2.49. The molecule has 0 spiro atoms. The summed E-state index contributed by atoms with van der Waals surface area (Å²) in [4.78, 5) is -0.760. The predicted molar refractivity (Wildman–Crippen MR) is 101 cm³/mol. The molecule has 0 unspecified atom stereocenters. The number of nitrogens with zero attached hydrogens (tertiary/aromatic N) is 2. The van der Waals surface area contributed by atoms with Gasteiger partial charge in [0.1, 0.15) is 0 Å². The van der Waals surface area contributed by atoms with Crippen molar-refractivity contribution in [2.45, 2.75) is 9.79 Å². The van der Waals surface area contributed by atoms with E-state index in [0.29, 0.717) is 11.1 Å². The maximum Gasteiger partial charge on any atom is 1.00 e. The molecule has 0 aliphatic rings. The number of benzene rings is 3. The van der Waals surface area contributed by atoms with E-state index < -0.39 is 30.6 Å². The van der Waals surface area contributed by atoms with E-state index in [9.17, 15) is 26.5 Å². The van der Waals surface area contributed by atoms with Crippen molar-refractivity contribution in [3.05, 3.63) is 66.6 Å². The van der Waals surface area contributed by atoms with Gasteiger partial charge >= 0.3 is 51.4 Å². The van der Waals surface area contributed by atoms with Gasteiger partial charge in [-0.2, -0.15) is 13.5 Å². The summed E-state index contributed by atoms with van der Waals surface area (Å²) in [5, 5.41) is 21.5. The first kappa shape index (κ1) is 23.8. The van der Waals surface area contributed by atoms with E-state index in [1.54, 1.807) is 18.2 Å². The topological polar surface area (TPSA) is 136 Å². The summed E-state index contributed by atoms with van der Waals surface area (Å²) < 4.78 is 55.7. The smallest absolute Gasteiger partial charge is 0.871 e. The minimum Gasteiger partial charge on any atom is -0.871 e. The maximum absolute atomic E-state index is 12.3. The quantitative estimate of drug-likeness (QED) is 0.337. The zero-order chi connectivity index (χ0) is 20.5. The molecule has 0 aromatic heterocycles. The predicted octanol–water partition coefficient (Wildman–Crippen LogP) is 0.497. The van der Waals surface area contributed by atoms with Crippen LogP contribution in [0.15, 0.2) is 86.6 Å². The Hall–Kier alpha value is -1.44. The van der Waals surface area contributed by atoms with E-state index in [2.05, 4.69) is 16.8 Å². The van der Waals surface area contributed by atoms with Crippen molar-refractivity contribution in [2.75, 3.05) is 0 Å². The summed E-state index contributed by atoms with van der Waals surface area (Å²) in [6.07, 6.45) is 0. The number of fused-ring (bicyclic) bond motifs is 1. The molecule has 0 radical (unpaired) electrons. The second-order valence-electron chi connectivity index (χ2n) is 5.65. The van der Waals surface area contributed by atoms with Crippen LogP contribution in [0.25, 0.3) is 10.8 Å². The Bertz CT molecular complexity index is 1320. The molecule has 1 N–H and O–H groups in total. The van der Waals surface area contributed by atoms with Crippen LogP contribution in [-0.2, 0) is 20.0 Å². The Labute approximate surface area is 210 Å². The van der Waals surface area contributed by atoms with Crippen LogP contribution in [-0.4, -0.2) is 21.4 Å². The first-order chi connectivity index (χ1) is 13.1. The molecule has 11 heteroatoms. The van der Waals surface area contributed by atoms with Crippen molar-refractivity contribution in [3.8, 4) is 5.75 Å². The first-order valence-corrected chi connectivity index (χ1v) is 10.7. The summed E-state index contributed by atoms with van der Waals surface area (Å²) in [5.74, 6) is -0.837. The summed E-state index contributed by atoms with van der Waals surface area (Å²) >= 11 is 0. The molecular weight excluding hydrogens is 443 g/mol. The number of rotatable bonds is 5. The molecule has 8 nitrogen and oxygen atoms in total. The molecule has 0 saturated heterocycles. The third-order valence-electron chi connectivity index (χ3n) is 3.88. The van der Waals surface area contributed by atoms with Crippen molar-refractivity contribution < 1.29 is 77.9 Å². The minimum absolute atomic E-state index is 0. The molecule has 3 aromatic carbocycles. The average molecular weight is 457 g/mol. The Morgan fingerprint density at radius 3 is 2.07 bits per heavy atom. The van der Waals surface area contributed by atoms with Gasteiger partial charge in [0.05, 0.1) is 21.2 Å². The Morgan fingerprint density at radius 2 is 1.52 bits per heavy atom. The van der Waals surface area contributed by atoms with Gasteiger partial charge < -0.3 is 5.11 Å². The molecule has 0 fully saturated rings. The van der Waals surface area contributed by atoms with Crippen molar-refractivity contribution in [1.29, 1.82) is 0 Å². The summed E-state index contributed by atoms with van der Waals surface area (Å²) in [5.41, 5.74) is 0.359. The van der Waals surface area contributed by atoms with Crippen LogP contribution in [0.3, 0.4) is 0 Å². The van der Waals surface area contributed by atoms with Crippen molar-refractivity contribution in [1.82, 2.24) is 0 Å². The van der Waals surface area contributed by atoms with Gasteiger partial charge in [-0.25, -0.2) is 8.42 Å². The largest absolute Gasteiger partial charge is 1.00 e. The standard InChI is InChI=1S/C18H14N2O6S2.K/c1-2-27(22,23)13-9-7-12(8-10-13)19-20-16-11-17(28(24,25)26)18(21)15-6-4-3-5-14(15)16;/h2-11,21H,1H2,(H,24,25,26);/q;+1/p-1. The molecule has 0 amide bonds. The fourth-order valence-corrected chi connectivity index (χ4v) is 3.80. The maximum atomic E-state index is 12.3. The van der Waals surface area contributed by atoms with Gasteiger partial charge in [0.25, 0.3) is 10.1 Å². The fraction of sp³-hybridized carbons (Fsp3) is 0. The Kier molecular flexibility index (Phi) is 7.51. The Morgan fingerprint density at radius 1 is 0.931 bits per heavy atom. The normalized spacial score (nSPS) is 12.0. The van der Waals surface area contributed by atoms with Gasteiger partial charge in [-0.15, -0.1) is 5.11 Å². The molecule has 144 valence electrons. The summed E-state index contributed by atoms with van der Waals surface area (Å²) in [6.45, 7) is 3.25. The van der Waals surface area contributed by atoms with E-state index in [1.807, 2.05) is 0 Å². The van der Waals surface area contributed by atoms with Crippen LogP contribution >= 0.6 is 0 Å². The van der Waals surface area contributed by atoms with Gasteiger partial charge in [0.2, 0.25) is 0 Å². The van der Waals surface area contributed by atoms with Crippen LogP contribution < -0.4 is 56.5 Å². The van der Waals surface area contributed by atoms with Crippen molar-refractivity contribution in [2.24, 2.45) is 10.2 Å². The molecule has 0 atom stereocenters. The number of sulfone groups is 1. The summed E-state index contributed by atoms with van der Waals surface area (Å²) in [7, 11) is -8.32. The third kappa shape index (κ3) is 5.19. The van der Waals surface area contributed by atoms with E-state index in [-0.39, 0.29) is 67.4 Å². The van der Waals surface area contributed by atoms with Gasteiger partial charge in [-0.3, -0.25) is 4.55 Å². The molecular formula is C18H13KN2O6S2.